The van der Waals surface area contributed by atoms with Crippen molar-refractivity contribution < 1.29 is 0 Å². The summed E-state index contributed by atoms with van der Waals surface area (Å²) in [4.78, 5) is 19.9. The number of aromatic nitrogens is 3. The van der Waals surface area contributed by atoms with Crippen molar-refractivity contribution in [3.63, 3.8) is 0 Å². The molecule has 0 spiro atoms. The molecule has 0 atom stereocenters. The number of aromatic amines is 1. The second kappa shape index (κ2) is 7.34. The predicted octanol–water partition coefficient (Wildman–Crippen LogP) is 4.22. The monoisotopic (exact) mass is 324 g/mol. The van der Waals surface area contributed by atoms with Crippen LogP contribution in [-0.2, 0) is 13.0 Å². The predicted molar refractivity (Wildman–Crippen MR) is 99.0 cm³/mol. The molecule has 3 aromatic rings. The summed E-state index contributed by atoms with van der Waals surface area (Å²) in [5.74, 6) is 0.693. The van der Waals surface area contributed by atoms with Gasteiger partial charge in [0.25, 0.3) is 0 Å². The lowest BCUT2D eigenvalue weighted by Gasteiger charge is -2.09. The summed E-state index contributed by atoms with van der Waals surface area (Å²) in [6, 6.07) is 9.79. The van der Waals surface area contributed by atoms with E-state index >= 15 is 0 Å². The Labute approximate surface area is 141 Å². The van der Waals surface area contributed by atoms with Gasteiger partial charge in [0.2, 0.25) is 5.43 Å². The molecule has 2 N–H and O–H groups in total. The van der Waals surface area contributed by atoms with Crippen molar-refractivity contribution in [3.05, 3.63) is 52.4 Å². The van der Waals surface area contributed by atoms with Crippen LogP contribution in [0.15, 0.2) is 41.5 Å². The smallest absolute Gasteiger partial charge is 0.211 e. The van der Waals surface area contributed by atoms with Crippen molar-refractivity contribution in [3.8, 4) is 0 Å². The van der Waals surface area contributed by atoms with Gasteiger partial charge in [-0.25, -0.2) is 4.98 Å². The van der Waals surface area contributed by atoms with Gasteiger partial charge in [-0.2, -0.15) is 0 Å². The molecule has 126 valence electrons. The van der Waals surface area contributed by atoms with Crippen LogP contribution in [0.25, 0.3) is 11.2 Å². The average Bonchev–Trinajstić information content (AvgIpc) is 2.99. The van der Waals surface area contributed by atoms with Crippen LogP contribution in [0.1, 0.15) is 38.7 Å². The summed E-state index contributed by atoms with van der Waals surface area (Å²) < 4.78 is 2.03. The number of benzene rings is 1. The molecule has 1 aromatic carbocycles. The summed E-state index contributed by atoms with van der Waals surface area (Å²) in [5.41, 5.74) is 3.45. The molecule has 0 unspecified atom stereocenters. The molecule has 0 aliphatic rings. The molecule has 5 heteroatoms. The van der Waals surface area contributed by atoms with Gasteiger partial charge in [-0.3, -0.25) is 4.79 Å². The highest BCUT2D eigenvalue weighted by Crippen LogP contribution is 2.18. The molecule has 3 rings (SSSR count). The first-order valence-corrected chi connectivity index (χ1v) is 8.65. The van der Waals surface area contributed by atoms with Crippen LogP contribution in [0.4, 0.5) is 11.5 Å². The third-order valence-corrected chi connectivity index (χ3v) is 4.22. The number of rotatable bonds is 7. The van der Waals surface area contributed by atoms with E-state index < -0.39 is 0 Å². The molecular weight excluding hydrogens is 300 g/mol. The zero-order valence-electron chi connectivity index (χ0n) is 14.3. The van der Waals surface area contributed by atoms with Crippen molar-refractivity contribution in [2.45, 2.75) is 46.1 Å². The number of aryl methyl sites for hydroxylation is 2. The number of hydrogen-bond acceptors (Lipinski definition) is 3. The fourth-order valence-electron chi connectivity index (χ4n) is 2.85. The number of nitrogens with zero attached hydrogens (tertiary/aromatic N) is 2. The van der Waals surface area contributed by atoms with Crippen LogP contribution in [0.5, 0.6) is 0 Å². The summed E-state index contributed by atoms with van der Waals surface area (Å²) in [6.07, 6.45) is 6.16. The van der Waals surface area contributed by atoms with E-state index in [0.717, 1.165) is 30.7 Å². The summed E-state index contributed by atoms with van der Waals surface area (Å²) >= 11 is 0. The highest BCUT2D eigenvalue weighted by atomic mass is 16.1. The molecular formula is C19H24N4O. The number of nitrogens with one attached hydrogen (secondary N) is 2. The molecule has 0 aliphatic heterocycles. The average molecular weight is 324 g/mol. The lowest BCUT2D eigenvalue weighted by atomic mass is 10.1. The molecule has 0 amide bonds. The Kier molecular flexibility index (Phi) is 4.99. The fourth-order valence-corrected chi connectivity index (χ4v) is 2.85. The highest BCUT2D eigenvalue weighted by molar-refractivity contribution is 5.74. The van der Waals surface area contributed by atoms with E-state index in [9.17, 15) is 4.79 Å². The van der Waals surface area contributed by atoms with Gasteiger partial charge in [0.15, 0.2) is 5.52 Å². The van der Waals surface area contributed by atoms with E-state index in [2.05, 4.69) is 41.3 Å². The minimum Gasteiger partial charge on any atom is -0.342 e. The number of anilines is 2. The van der Waals surface area contributed by atoms with E-state index in [4.69, 9.17) is 0 Å². The fraction of sp³-hybridized carbons (Fsp3) is 0.368. The van der Waals surface area contributed by atoms with Crippen molar-refractivity contribution in [2.75, 3.05) is 5.32 Å². The number of imidazole rings is 1. The number of fused-ring (bicyclic) bond motifs is 1. The van der Waals surface area contributed by atoms with Gasteiger partial charge in [0.05, 0.1) is 6.33 Å². The van der Waals surface area contributed by atoms with E-state index in [0.29, 0.717) is 11.3 Å². The normalized spacial score (nSPS) is 11.1. The summed E-state index contributed by atoms with van der Waals surface area (Å²) in [6.45, 7) is 5.18. The molecule has 2 heterocycles. The summed E-state index contributed by atoms with van der Waals surface area (Å²) in [7, 11) is 0. The standard InChI is InChI=1S/C19H24N4O/c1-3-5-6-10-23-13-20-18-16(24)12-17(22-19(18)23)21-15-9-7-8-14(4-2)11-15/h7-9,11-13H,3-6,10H2,1-2H3,(H2,21,22,24). The second-order valence-corrected chi connectivity index (χ2v) is 6.07. The zero-order valence-corrected chi connectivity index (χ0v) is 14.3. The molecule has 0 saturated heterocycles. The highest BCUT2D eigenvalue weighted by Gasteiger charge is 2.09. The van der Waals surface area contributed by atoms with Crippen molar-refractivity contribution in [2.24, 2.45) is 0 Å². The van der Waals surface area contributed by atoms with Crippen LogP contribution >= 0.6 is 0 Å². The number of unbranched alkanes of at least 4 members (excludes halogenated alkanes) is 2. The first kappa shape index (κ1) is 16.3. The van der Waals surface area contributed by atoms with Gasteiger partial charge < -0.3 is 14.9 Å². The van der Waals surface area contributed by atoms with E-state index in [1.165, 1.54) is 18.4 Å². The Hall–Kier alpha value is -2.56. The first-order valence-electron chi connectivity index (χ1n) is 8.65. The SMILES string of the molecule is CCCCCn1cnc2c(=O)cc(Nc3cccc(CC)c3)[nH]c21. The Bertz CT molecular complexity index is 878. The molecule has 2 aromatic heterocycles. The van der Waals surface area contributed by atoms with Gasteiger partial charge >= 0.3 is 0 Å². The Morgan fingerprint density at radius 2 is 2.08 bits per heavy atom. The topological polar surface area (TPSA) is 62.7 Å². The third kappa shape index (κ3) is 3.50. The van der Waals surface area contributed by atoms with Crippen LogP contribution in [0, 0.1) is 0 Å². The number of pyridine rings is 1. The van der Waals surface area contributed by atoms with Crippen LogP contribution in [0.2, 0.25) is 0 Å². The third-order valence-electron chi connectivity index (χ3n) is 4.22. The molecule has 0 aliphatic carbocycles. The van der Waals surface area contributed by atoms with Gasteiger partial charge in [0.1, 0.15) is 11.5 Å². The maximum atomic E-state index is 12.3. The number of H-pyrrole nitrogens is 1. The van der Waals surface area contributed by atoms with Crippen molar-refractivity contribution in [1.29, 1.82) is 0 Å². The first-order chi connectivity index (χ1) is 11.7. The van der Waals surface area contributed by atoms with Crippen LogP contribution in [0.3, 0.4) is 0 Å². The molecule has 0 fully saturated rings. The maximum Gasteiger partial charge on any atom is 0.211 e. The van der Waals surface area contributed by atoms with E-state index in [1.807, 2.05) is 16.7 Å². The zero-order chi connectivity index (χ0) is 16.9. The number of hydrogen-bond donors (Lipinski definition) is 2. The minimum absolute atomic E-state index is 0.0628. The van der Waals surface area contributed by atoms with Gasteiger partial charge in [-0.1, -0.05) is 38.8 Å². The van der Waals surface area contributed by atoms with Crippen LogP contribution < -0.4 is 10.7 Å². The molecule has 0 saturated carbocycles. The van der Waals surface area contributed by atoms with Gasteiger partial charge in [0, 0.05) is 18.3 Å². The second-order valence-electron chi connectivity index (χ2n) is 6.07. The Morgan fingerprint density at radius 3 is 2.88 bits per heavy atom. The molecule has 5 nitrogen and oxygen atoms in total. The summed E-state index contributed by atoms with van der Waals surface area (Å²) in [5, 5.41) is 3.30. The lowest BCUT2D eigenvalue weighted by molar-refractivity contribution is 0.610. The largest absolute Gasteiger partial charge is 0.342 e. The van der Waals surface area contributed by atoms with Crippen molar-refractivity contribution in [1.82, 2.24) is 14.5 Å². The van der Waals surface area contributed by atoms with Gasteiger partial charge in [-0.05, 0) is 30.5 Å². The van der Waals surface area contributed by atoms with Crippen molar-refractivity contribution >= 4 is 22.7 Å². The quantitative estimate of drug-likeness (QED) is 0.640. The molecule has 0 radical (unpaired) electrons. The van der Waals surface area contributed by atoms with Gasteiger partial charge in [-0.15, -0.1) is 0 Å². The molecule has 0 bridgehead atoms. The lowest BCUT2D eigenvalue weighted by Crippen LogP contribution is -2.07. The Balaban J connectivity index is 1.90. The van der Waals surface area contributed by atoms with Crippen LogP contribution in [-0.4, -0.2) is 14.5 Å². The molecule has 24 heavy (non-hydrogen) atoms. The maximum absolute atomic E-state index is 12.3. The van der Waals surface area contributed by atoms with E-state index in [-0.39, 0.29) is 5.43 Å². The Morgan fingerprint density at radius 1 is 1.21 bits per heavy atom. The van der Waals surface area contributed by atoms with E-state index in [1.54, 1.807) is 12.4 Å². The minimum atomic E-state index is -0.0628.